The van der Waals surface area contributed by atoms with Crippen molar-refractivity contribution in [2.45, 2.75) is 58.3 Å². The monoisotopic (exact) mass is 275 g/mol. The molecule has 0 aromatic heterocycles. The minimum absolute atomic E-state index is 0.254. The van der Waals surface area contributed by atoms with Crippen LogP contribution in [0.2, 0.25) is 0 Å². The van der Waals surface area contributed by atoms with E-state index in [4.69, 9.17) is 5.26 Å². The van der Waals surface area contributed by atoms with Gasteiger partial charge in [-0.25, -0.2) is 4.79 Å². The van der Waals surface area contributed by atoms with Gasteiger partial charge in [0.15, 0.2) is 0 Å². The lowest BCUT2D eigenvalue weighted by Gasteiger charge is -2.36. The summed E-state index contributed by atoms with van der Waals surface area (Å²) in [6, 6.07) is 2.40. The van der Waals surface area contributed by atoms with Gasteiger partial charge in [0, 0.05) is 11.5 Å². The molecule has 0 aliphatic heterocycles. The summed E-state index contributed by atoms with van der Waals surface area (Å²) in [6.45, 7) is 1.83. The van der Waals surface area contributed by atoms with E-state index in [1.807, 2.05) is 6.92 Å². The molecular formula is C17H25NO2. The van der Waals surface area contributed by atoms with Crippen LogP contribution in [0.1, 0.15) is 58.3 Å². The Morgan fingerprint density at radius 3 is 1.95 bits per heavy atom. The van der Waals surface area contributed by atoms with Crippen LogP contribution in [0.5, 0.6) is 0 Å². The smallest absolute Gasteiger partial charge is 0.331 e. The number of carboxylic acids is 1. The molecule has 2 aliphatic carbocycles. The summed E-state index contributed by atoms with van der Waals surface area (Å²) in [5, 5.41) is 18.1. The first-order valence-electron chi connectivity index (χ1n) is 7.94. The number of hydrogen-bond acceptors (Lipinski definition) is 2. The number of hydrogen-bond donors (Lipinski definition) is 1. The first kappa shape index (κ1) is 15.1. The predicted octanol–water partition coefficient (Wildman–Crippen LogP) is 4.15. The van der Waals surface area contributed by atoms with Crippen molar-refractivity contribution < 1.29 is 9.90 Å². The molecule has 2 rings (SSSR count). The second kappa shape index (κ2) is 6.92. The van der Waals surface area contributed by atoms with Gasteiger partial charge in [-0.15, -0.1) is 0 Å². The zero-order chi connectivity index (χ0) is 14.5. The van der Waals surface area contributed by atoms with E-state index < -0.39 is 5.97 Å². The van der Waals surface area contributed by atoms with Crippen LogP contribution in [-0.4, -0.2) is 11.1 Å². The van der Waals surface area contributed by atoms with Crippen LogP contribution < -0.4 is 0 Å². The fourth-order valence-corrected chi connectivity index (χ4v) is 4.16. The quantitative estimate of drug-likeness (QED) is 0.787. The Morgan fingerprint density at radius 1 is 1.05 bits per heavy atom. The van der Waals surface area contributed by atoms with Crippen LogP contribution in [0.15, 0.2) is 11.6 Å². The lowest BCUT2D eigenvalue weighted by Crippen LogP contribution is -2.27. The molecule has 0 aromatic rings. The van der Waals surface area contributed by atoms with Crippen LogP contribution in [0.3, 0.4) is 0 Å². The lowest BCUT2D eigenvalue weighted by atomic mass is 9.68. The average Bonchev–Trinajstić information content (AvgIpc) is 2.48. The lowest BCUT2D eigenvalue weighted by molar-refractivity contribution is -0.133. The summed E-state index contributed by atoms with van der Waals surface area (Å²) >= 11 is 0. The highest BCUT2D eigenvalue weighted by Gasteiger charge is 2.32. The van der Waals surface area contributed by atoms with Gasteiger partial charge in [0.05, 0.1) is 6.07 Å². The standard InChI is InChI=1S/C17H25NO2/c1-2-16(17(19)20)15-9-7-14(8-10-15)13-5-3-12(11-18)4-6-13/h2,12-15H,3-10H2,1H3,(H,19,20)/t12-,13-,14-,15-. The van der Waals surface area contributed by atoms with Crippen molar-refractivity contribution in [3.05, 3.63) is 11.6 Å². The molecule has 0 radical (unpaired) electrons. The highest BCUT2D eigenvalue weighted by atomic mass is 16.4. The van der Waals surface area contributed by atoms with Crippen molar-refractivity contribution in [3.8, 4) is 6.07 Å². The van der Waals surface area contributed by atoms with Gasteiger partial charge >= 0.3 is 5.97 Å². The van der Waals surface area contributed by atoms with Gasteiger partial charge in [0.1, 0.15) is 0 Å². The van der Waals surface area contributed by atoms with Crippen molar-refractivity contribution in [1.29, 1.82) is 5.26 Å². The van der Waals surface area contributed by atoms with E-state index in [9.17, 15) is 9.90 Å². The first-order chi connectivity index (χ1) is 9.65. The zero-order valence-electron chi connectivity index (χ0n) is 12.3. The number of nitriles is 1. The molecule has 0 bridgehead atoms. The Bertz CT molecular complexity index is 405. The minimum atomic E-state index is -0.745. The van der Waals surface area contributed by atoms with E-state index >= 15 is 0 Å². The number of aliphatic carboxylic acids is 1. The van der Waals surface area contributed by atoms with Gasteiger partial charge in [-0.3, -0.25) is 0 Å². The second-order valence-corrected chi connectivity index (χ2v) is 6.40. The minimum Gasteiger partial charge on any atom is -0.478 e. The van der Waals surface area contributed by atoms with E-state index in [2.05, 4.69) is 6.07 Å². The zero-order valence-corrected chi connectivity index (χ0v) is 12.3. The number of rotatable bonds is 3. The molecule has 0 unspecified atom stereocenters. The summed E-state index contributed by atoms with van der Waals surface area (Å²) in [6.07, 6.45) is 10.7. The summed E-state index contributed by atoms with van der Waals surface area (Å²) in [4.78, 5) is 11.2. The highest BCUT2D eigenvalue weighted by molar-refractivity contribution is 5.87. The van der Waals surface area contributed by atoms with Crippen LogP contribution in [-0.2, 0) is 4.79 Å². The van der Waals surface area contributed by atoms with Crippen LogP contribution in [0.25, 0.3) is 0 Å². The van der Waals surface area contributed by atoms with E-state index in [-0.39, 0.29) is 11.8 Å². The highest BCUT2D eigenvalue weighted by Crippen LogP contribution is 2.42. The normalized spacial score (nSPS) is 35.3. The maximum absolute atomic E-state index is 11.2. The fraction of sp³-hybridized carbons (Fsp3) is 0.765. The molecule has 3 heteroatoms. The van der Waals surface area contributed by atoms with Gasteiger partial charge in [-0.1, -0.05) is 6.08 Å². The topological polar surface area (TPSA) is 61.1 Å². The molecule has 0 spiro atoms. The molecule has 0 atom stereocenters. The maximum Gasteiger partial charge on any atom is 0.331 e. The number of nitrogens with zero attached hydrogens (tertiary/aromatic N) is 1. The number of carboxylic acid groups (broad SMARTS) is 1. The molecule has 0 saturated heterocycles. The van der Waals surface area contributed by atoms with E-state index in [1.165, 1.54) is 12.8 Å². The average molecular weight is 275 g/mol. The van der Waals surface area contributed by atoms with E-state index in [0.29, 0.717) is 5.57 Å². The summed E-state index contributed by atoms with van der Waals surface area (Å²) in [5.74, 6) is 1.33. The fourth-order valence-electron chi connectivity index (χ4n) is 4.16. The predicted molar refractivity (Wildman–Crippen MR) is 77.9 cm³/mol. The molecule has 110 valence electrons. The first-order valence-corrected chi connectivity index (χ1v) is 7.94. The Labute approximate surface area is 121 Å². The van der Waals surface area contributed by atoms with Crippen molar-refractivity contribution in [2.75, 3.05) is 0 Å². The largest absolute Gasteiger partial charge is 0.478 e. The molecule has 2 fully saturated rings. The third-order valence-corrected chi connectivity index (χ3v) is 5.39. The Hall–Kier alpha value is -1.30. The third-order valence-electron chi connectivity index (χ3n) is 5.39. The van der Waals surface area contributed by atoms with Crippen LogP contribution in [0.4, 0.5) is 0 Å². The SMILES string of the molecule is CC=C(C(=O)O)[C@H]1CC[C@H]([C@H]2CC[C@H](C#N)CC2)CC1. The van der Waals surface area contributed by atoms with Crippen LogP contribution in [0, 0.1) is 35.0 Å². The number of allylic oxidation sites excluding steroid dienone is 1. The Kier molecular flexibility index (Phi) is 5.23. The van der Waals surface area contributed by atoms with Crippen molar-refractivity contribution in [3.63, 3.8) is 0 Å². The molecule has 2 saturated carbocycles. The maximum atomic E-state index is 11.2. The molecule has 0 heterocycles. The summed E-state index contributed by atoms with van der Waals surface area (Å²) in [5.41, 5.74) is 0.608. The molecule has 20 heavy (non-hydrogen) atoms. The third kappa shape index (κ3) is 3.42. The molecule has 0 aromatic carbocycles. The van der Waals surface area contributed by atoms with Crippen molar-refractivity contribution in [1.82, 2.24) is 0 Å². The van der Waals surface area contributed by atoms with Crippen molar-refractivity contribution in [2.24, 2.45) is 23.7 Å². The Balaban J connectivity index is 1.83. The van der Waals surface area contributed by atoms with Gasteiger partial charge in [0.2, 0.25) is 0 Å². The Morgan fingerprint density at radius 2 is 1.55 bits per heavy atom. The van der Waals surface area contributed by atoms with Gasteiger partial charge in [0.25, 0.3) is 0 Å². The molecule has 3 nitrogen and oxygen atoms in total. The molecule has 0 amide bonds. The second-order valence-electron chi connectivity index (χ2n) is 6.40. The van der Waals surface area contributed by atoms with E-state index in [1.54, 1.807) is 6.08 Å². The summed E-state index contributed by atoms with van der Waals surface area (Å²) in [7, 11) is 0. The van der Waals surface area contributed by atoms with Crippen molar-refractivity contribution >= 4 is 5.97 Å². The van der Waals surface area contributed by atoms with Gasteiger partial charge in [-0.2, -0.15) is 5.26 Å². The van der Waals surface area contributed by atoms with Gasteiger partial charge in [-0.05, 0) is 76.0 Å². The van der Waals surface area contributed by atoms with Gasteiger partial charge < -0.3 is 5.11 Å². The molecule has 2 aliphatic rings. The number of carbonyl (C=O) groups is 1. The molecular weight excluding hydrogens is 250 g/mol. The summed E-state index contributed by atoms with van der Waals surface area (Å²) < 4.78 is 0. The van der Waals surface area contributed by atoms with E-state index in [0.717, 1.165) is 50.4 Å². The van der Waals surface area contributed by atoms with Crippen LogP contribution >= 0.6 is 0 Å². The molecule has 1 N–H and O–H groups in total.